The summed E-state index contributed by atoms with van der Waals surface area (Å²) in [6.07, 6.45) is 1.62. The summed E-state index contributed by atoms with van der Waals surface area (Å²) in [5.41, 5.74) is 1.41. The van der Waals surface area contributed by atoms with Gasteiger partial charge in [-0.3, -0.25) is 14.9 Å². The minimum Gasteiger partial charge on any atom is -0.496 e. The fourth-order valence-corrected chi connectivity index (χ4v) is 3.21. The normalized spacial score (nSPS) is 16.1. The second-order valence-electron chi connectivity index (χ2n) is 5.60. The number of benzene rings is 2. The van der Waals surface area contributed by atoms with E-state index in [1.165, 1.54) is 7.11 Å². The Labute approximate surface area is 159 Å². The Kier molecular flexibility index (Phi) is 5.87. The molecule has 1 unspecified atom stereocenters. The van der Waals surface area contributed by atoms with Crippen LogP contribution in [0.3, 0.4) is 0 Å². The van der Waals surface area contributed by atoms with Gasteiger partial charge in [-0.25, -0.2) is 0 Å². The van der Waals surface area contributed by atoms with Crippen molar-refractivity contribution in [1.29, 1.82) is 0 Å². The molecule has 0 aromatic heterocycles. The molecule has 0 saturated carbocycles. The monoisotopic (exact) mass is 384 g/mol. The van der Waals surface area contributed by atoms with Gasteiger partial charge in [0.2, 0.25) is 0 Å². The van der Waals surface area contributed by atoms with Crippen molar-refractivity contribution in [3.8, 4) is 11.5 Å². The number of hydrogen-bond acceptors (Lipinski definition) is 7. The molecule has 8 heteroatoms. The van der Waals surface area contributed by atoms with E-state index in [1.807, 2.05) is 6.07 Å². The van der Waals surface area contributed by atoms with Gasteiger partial charge in [-0.1, -0.05) is 35.5 Å². The van der Waals surface area contributed by atoms with Crippen LogP contribution in [0.5, 0.6) is 11.5 Å². The van der Waals surface area contributed by atoms with Crippen LogP contribution in [0.15, 0.2) is 58.6 Å². The third-order valence-corrected chi connectivity index (χ3v) is 4.66. The fraction of sp³-hybridized carbons (Fsp3) is 0.158. The zero-order valence-electron chi connectivity index (χ0n) is 14.4. The summed E-state index contributed by atoms with van der Waals surface area (Å²) in [7, 11) is 1.53. The van der Waals surface area contributed by atoms with Crippen molar-refractivity contribution in [2.24, 2.45) is 5.18 Å². The molecular formula is C19H16N2O5S. The second-order valence-corrected chi connectivity index (χ2v) is 6.61. The fourth-order valence-electron chi connectivity index (χ4n) is 2.53. The quantitative estimate of drug-likeness (QED) is 0.575. The molecule has 0 aliphatic carbocycles. The summed E-state index contributed by atoms with van der Waals surface area (Å²) in [6.45, 7) is 0.0665. The van der Waals surface area contributed by atoms with E-state index in [-0.39, 0.29) is 11.8 Å². The lowest BCUT2D eigenvalue weighted by molar-refractivity contribution is -0.115. The zero-order chi connectivity index (χ0) is 19.2. The number of carbonyl (C=O) groups is 2. The van der Waals surface area contributed by atoms with Gasteiger partial charge in [-0.2, -0.15) is 4.91 Å². The van der Waals surface area contributed by atoms with Gasteiger partial charge in [0.05, 0.1) is 12.0 Å². The Morgan fingerprint density at radius 3 is 2.52 bits per heavy atom. The molecule has 2 aromatic carbocycles. The number of rotatable bonds is 7. The van der Waals surface area contributed by atoms with Crippen LogP contribution >= 0.6 is 11.8 Å². The molecular weight excluding hydrogens is 368 g/mol. The third kappa shape index (κ3) is 4.53. The highest BCUT2D eigenvalue weighted by molar-refractivity contribution is 8.18. The van der Waals surface area contributed by atoms with E-state index in [0.717, 1.165) is 17.3 Å². The van der Waals surface area contributed by atoms with Crippen molar-refractivity contribution in [2.75, 3.05) is 13.7 Å². The summed E-state index contributed by atoms with van der Waals surface area (Å²) in [4.78, 5) is 34.3. The highest BCUT2D eigenvalue weighted by atomic mass is 32.2. The van der Waals surface area contributed by atoms with Crippen LogP contribution in [0.4, 0.5) is 4.79 Å². The van der Waals surface area contributed by atoms with Crippen molar-refractivity contribution in [3.05, 3.63) is 69.5 Å². The van der Waals surface area contributed by atoms with Crippen molar-refractivity contribution in [2.45, 2.75) is 6.04 Å². The van der Waals surface area contributed by atoms with Crippen LogP contribution in [-0.4, -0.2) is 24.9 Å². The van der Waals surface area contributed by atoms with Gasteiger partial charge in [0.15, 0.2) is 6.04 Å². The highest BCUT2D eigenvalue weighted by Gasteiger charge is 2.24. The van der Waals surface area contributed by atoms with Crippen LogP contribution in [0.1, 0.15) is 17.2 Å². The van der Waals surface area contributed by atoms with E-state index in [1.54, 1.807) is 48.5 Å². The zero-order valence-corrected chi connectivity index (χ0v) is 15.2. The Morgan fingerprint density at radius 1 is 1.15 bits per heavy atom. The molecule has 0 radical (unpaired) electrons. The van der Waals surface area contributed by atoms with Crippen LogP contribution in [0.2, 0.25) is 0 Å². The SMILES string of the molecule is COc1ccccc1C(COc1ccc(C=C2SC(=O)NC2=O)cc1)N=O. The molecule has 2 aromatic rings. The van der Waals surface area contributed by atoms with Crippen LogP contribution < -0.4 is 14.8 Å². The van der Waals surface area contributed by atoms with Gasteiger partial charge >= 0.3 is 0 Å². The van der Waals surface area contributed by atoms with E-state index >= 15 is 0 Å². The number of imide groups is 1. The number of nitrogens with zero attached hydrogens (tertiary/aromatic N) is 1. The molecule has 1 aliphatic rings. The number of nitrogens with one attached hydrogen (secondary N) is 1. The second kappa shape index (κ2) is 8.50. The minimum atomic E-state index is -0.701. The predicted molar refractivity (Wildman–Crippen MR) is 103 cm³/mol. The molecule has 1 aliphatic heterocycles. The first-order valence-electron chi connectivity index (χ1n) is 8.04. The molecule has 0 spiro atoms. The van der Waals surface area contributed by atoms with E-state index in [9.17, 15) is 14.5 Å². The van der Waals surface area contributed by atoms with Gasteiger partial charge in [0, 0.05) is 5.56 Å². The van der Waals surface area contributed by atoms with Gasteiger partial charge in [-0.15, -0.1) is 0 Å². The standard InChI is InChI=1S/C19H16N2O5S/c1-25-16-5-3-2-4-14(16)15(21-24)11-26-13-8-6-12(7-9-13)10-17-18(22)20-19(23)27-17/h2-10,15H,11H2,1H3,(H,20,22,23). The molecule has 7 nitrogen and oxygen atoms in total. The molecule has 1 saturated heterocycles. The third-order valence-electron chi connectivity index (χ3n) is 3.85. The number of thioether (sulfide) groups is 1. The molecule has 27 heavy (non-hydrogen) atoms. The first-order chi connectivity index (χ1) is 13.1. The molecule has 1 atom stereocenters. The van der Waals surface area contributed by atoms with Crippen LogP contribution in [0, 0.1) is 4.91 Å². The number of para-hydroxylation sites is 1. The molecule has 0 bridgehead atoms. The highest BCUT2D eigenvalue weighted by Crippen LogP contribution is 2.29. The number of methoxy groups -OCH3 is 1. The Balaban J connectivity index is 1.66. The van der Waals surface area contributed by atoms with Crippen molar-refractivity contribution in [1.82, 2.24) is 5.32 Å². The summed E-state index contributed by atoms with van der Waals surface area (Å²) < 4.78 is 10.9. The van der Waals surface area contributed by atoms with Crippen molar-refractivity contribution in [3.63, 3.8) is 0 Å². The average Bonchev–Trinajstić information content (AvgIpc) is 3.00. The summed E-state index contributed by atoms with van der Waals surface area (Å²) in [5, 5.41) is 4.96. The first-order valence-corrected chi connectivity index (χ1v) is 8.85. The summed E-state index contributed by atoms with van der Waals surface area (Å²) in [5.74, 6) is 0.733. The van der Waals surface area contributed by atoms with E-state index in [4.69, 9.17) is 9.47 Å². The number of ether oxygens (including phenoxy) is 2. The summed E-state index contributed by atoms with van der Waals surface area (Å²) >= 11 is 0.862. The summed E-state index contributed by atoms with van der Waals surface area (Å²) in [6, 6.07) is 13.4. The van der Waals surface area contributed by atoms with Crippen LogP contribution in [0.25, 0.3) is 6.08 Å². The van der Waals surface area contributed by atoms with E-state index < -0.39 is 11.9 Å². The maximum Gasteiger partial charge on any atom is 0.290 e. The minimum absolute atomic E-state index is 0.0665. The average molecular weight is 384 g/mol. The largest absolute Gasteiger partial charge is 0.496 e. The molecule has 138 valence electrons. The molecule has 1 heterocycles. The lowest BCUT2D eigenvalue weighted by Gasteiger charge is -2.14. The van der Waals surface area contributed by atoms with Crippen LogP contribution in [-0.2, 0) is 4.79 Å². The van der Waals surface area contributed by atoms with Gasteiger partial charge in [0.25, 0.3) is 11.1 Å². The number of nitroso groups, excluding NO2 is 1. The van der Waals surface area contributed by atoms with Crippen molar-refractivity contribution < 1.29 is 19.1 Å². The number of amides is 2. The maximum absolute atomic E-state index is 11.6. The van der Waals surface area contributed by atoms with Crippen molar-refractivity contribution >= 4 is 29.0 Å². The Bertz CT molecular complexity index is 895. The smallest absolute Gasteiger partial charge is 0.290 e. The van der Waals surface area contributed by atoms with Gasteiger partial charge in [0.1, 0.15) is 18.1 Å². The molecule has 3 rings (SSSR count). The van der Waals surface area contributed by atoms with E-state index in [0.29, 0.717) is 22.0 Å². The first kappa shape index (κ1) is 18.7. The maximum atomic E-state index is 11.6. The lowest BCUT2D eigenvalue weighted by Crippen LogP contribution is -2.17. The molecule has 2 amide bonds. The predicted octanol–water partition coefficient (Wildman–Crippen LogP) is 3.91. The lowest BCUT2D eigenvalue weighted by atomic mass is 10.1. The Morgan fingerprint density at radius 2 is 1.89 bits per heavy atom. The van der Waals surface area contributed by atoms with E-state index in [2.05, 4.69) is 10.5 Å². The molecule has 1 N–H and O–H groups in total. The Hall–Kier alpha value is -3.13. The van der Waals surface area contributed by atoms with Gasteiger partial charge < -0.3 is 9.47 Å². The number of carbonyl (C=O) groups excluding carboxylic acids is 2. The van der Waals surface area contributed by atoms with Gasteiger partial charge in [-0.05, 0) is 41.6 Å². The number of hydrogen-bond donors (Lipinski definition) is 1. The topological polar surface area (TPSA) is 94.1 Å². The molecule has 1 fully saturated rings.